The third-order valence-corrected chi connectivity index (χ3v) is 5.02. The Morgan fingerprint density at radius 1 is 1.20 bits per heavy atom. The van der Waals surface area contributed by atoms with Crippen LogP contribution in [0.2, 0.25) is 0 Å². The van der Waals surface area contributed by atoms with Gasteiger partial charge in [-0.25, -0.2) is 0 Å². The van der Waals surface area contributed by atoms with E-state index < -0.39 is 0 Å². The van der Waals surface area contributed by atoms with Gasteiger partial charge in [-0.3, -0.25) is 4.79 Å². The molecular weight excluding hydrogens is 248 g/mol. The van der Waals surface area contributed by atoms with Crippen LogP contribution in [0.15, 0.2) is 18.2 Å². The number of carbonyl (C=O) groups is 1. The quantitative estimate of drug-likeness (QED) is 0.797. The number of nitrogens with two attached hydrogens (primary N) is 1. The average Bonchev–Trinajstić information content (AvgIpc) is 2.46. The van der Waals surface area contributed by atoms with Crippen LogP contribution in [0.1, 0.15) is 54.4 Å². The van der Waals surface area contributed by atoms with Crippen LogP contribution < -0.4 is 5.73 Å². The van der Waals surface area contributed by atoms with Crippen molar-refractivity contribution in [1.82, 2.24) is 4.90 Å². The van der Waals surface area contributed by atoms with Crippen molar-refractivity contribution in [3.05, 3.63) is 29.3 Å². The van der Waals surface area contributed by atoms with Crippen LogP contribution in [0, 0.1) is 12.8 Å². The predicted octanol–water partition coefficient (Wildman–Crippen LogP) is 3.37. The maximum absolute atomic E-state index is 12.9. The third kappa shape index (κ3) is 2.30. The first-order valence-electron chi connectivity index (χ1n) is 7.84. The van der Waals surface area contributed by atoms with Gasteiger partial charge in [-0.15, -0.1) is 0 Å². The van der Waals surface area contributed by atoms with Gasteiger partial charge in [-0.2, -0.15) is 0 Å². The van der Waals surface area contributed by atoms with Crippen molar-refractivity contribution in [2.45, 2.75) is 51.5 Å². The summed E-state index contributed by atoms with van der Waals surface area (Å²) >= 11 is 0. The number of amides is 1. The van der Waals surface area contributed by atoms with E-state index in [2.05, 4.69) is 4.90 Å². The highest BCUT2D eigenvalue weighted by Crippen LogP contribution is 2.36. The summed E-state index contributed by atoms with van der Waals surface area (Å²) in [5.41, 5.74) is 8.38. The summed E-state index contributed by atoms with van der Waals surface area (Å²) in [5, 5.41) is 0. The highest BCUT2D eigenvalue weighted by atomic mass is 16.2. The molecule has 0 radical (unpaired) electrons. The molecular formula is C17H24N2O. The standard InChI is InChI=1S/C17H24N2O/c1-12-6-4-9-14(18)16(12)17(20)19-11-5-8-13-7-2-3-10-15(13)19/h4,6,9,13,15H,2-3,5,7-8,10-11,18H2,1H3/t13-,15-/m1/s1. The van der Waals surface area contributed by atoms with Gasteiger partial charge in [0.25, 0.3) is 5.91 Å². The van der Waals surface area contributed by atoms with Gasteiger partial charge >= 0.3 is 0 Å². The van der Waals surface area contributed by atoms with Crippen LogP contribution in [-0.4, -0.2) is 23.4 Å². The summed E-state index contributed by atoms with van der Waals surface area (Å²) in [4.78, 5) is 15.1. The summed E-state index contributed by atoms with van der Waals surface area (Å²) in [6.07, 6.45) is 7.47. The molecule has 1 aromatic carbocycles. The molecule has 1 heterocycles. The van der Waals surface area contributed by atoms with Crippen molar-refractivity contribution in [1.29, 1.82) is 0 Å². The second kappa shape index (κ2) is 5.47. The molecule has 0 unspecified atom stereocenters. The molecule has 0 bridgehead atoms. The van der Waals surface area contributed by atoms with E-state index in [1.807, 2.05) is 25.1 Å². The van der Waals surface area contributed by atoms with Gasteiger partial charge in [0.1, 0.15) is 0 Å². The summed E-state index contributed by atoms with van der Waals surface area (Å²) in [5.74, 6) is 0.865. The van der Waals surface area contributed by atoms with Gasteiger partial charge < -0.3 is 10.6 Å². The minimum absolute atomic E-state index is 0.150. The number of rotatable bonds is 1. The Kier molecular flexibility index (Phi) is 3.68. The second-order valence-electron chi connectivity index (χ2n) is 6.29. The molecule has 0 aromatic heterocycles. The number of piperidine rings is 1. The van der Waals surface area contributed by atoms with Crippen molar-refractivity contribution in [3.63, 3.8) is 0 Å². The van der Waals surface area contributed by atoms with E-state index in [-0.39, 0.29) is 5.91 Å². The molecule has 1 aromatic rings. The Hall–Kier alpha value is -1.51. The number of fused-ring (bicyclic) bond motifs is 1. The fourth-order valence-electron chi connectivity index (χ4n) is 4.00. The molecule has 1 aliphatic carbocycles. The lowest BCUT2D eigenvalue weighted by Gasteiger charge is -2.44. The monoisotopic (exact) mass is 272 g/mol. The summed E-state index contributed by atoms with van der Waals surface area (Å²) in [6.45, 7) is 2.87. The van der Waals surface area contributed by atoms with E-state index >= 15 is 0 Å². The maximum atomic E-state index is 12.9. The lowest BCUT2D eigenvalue weighted by atomic mass is 9.78. The van der Waals surface area contributed by atoms with E-state index in [0.717, 1.165) is 24.1 Å². The maximum Gasteiger partial charge on any atom is 0.256 e. The minimum atomic E-state index is 0.150. The van der Waals surface area contributed by atoms with Crippen LogP contribution in [0.25, 0.3) is 0 Å². The topological polar surface area (TPSA) is 46.3 Å². The normalized spacial score (nSPS) is 26.1. The van der Waals surface area contributed by atoms with E-state index in [1.54, 1.807) is 0 Å². The Morgan fingerprint density at radius 2 is 1.95 bits per heavy atom. The van der Waals surface area contributed by atoms with Crippen LogP contribution in [0.5, 0.6) is 0 Å². The van der Waals surface area contributed by atoms with Crippen molar-refractivity contribution in [2.75, 3.05) is 12.3 Å². The molecule has 2 fully saturated rings. The van der Waals surface area contributed by atoms with Gasteiger partial charge in [0.2, 0.25) is 0 Å². The van der Waals surface area contributed by atoms with Crippen molar-refractivity contribution in [3.8, 4) is 0 Å². The van der Waals surface area contributed by atoms with Gasteiger partial charge in [0.05, 0.1) is 5.56 Å². The van der Waals surface area contributed by atoms with E-state index in [1.165, 1.54) is 32.1 Å². The number of benzene rings is 1. The van der Waals surface area contributed by atoms with Gasteiger partial charge in [-0.05, 0) is 50.2 Å². The van der Waals surface area contributed by atoms with Crippen LogP contribution in [-0.2, 0) is 0 Å². The first-order valence-corrected chi connectivity index (χ1v) is 7.84. The number of anilines is 1. The molecule has 3 heteroatoms. The van der Waals surface area contributed by atoms with Crippen LogP contribution in [0.4, 0.5) is 5.69 Å². The van der Waals surface area contributed by atoms with E-state index in [9.17, 15) is 4.79 Å². The number of hydrogen-bond donors (Lipinski definition) is 1. The van der Waals surface area contributed by atoms with Crippen LogP contribution in [0.3, 0.4) is 0 Å². The van der Waals surface area contributed by atoms with Gasteiger partial charge in [0, 0.05) is 18.3 Å². The zero-order valence-electron chi connectivity index (χ0n) is 12.3. The lowest BCUT2D eigenvalue weighted by molar-refractivity contribution is 0.0391. The Labute approximate surface area is 121 Å². The highest BCUT2D eigenvalue weighted by Gasteiger charge is 2.36. The average molecular weight is 272 g/mol. The molecule has 108 valence electrons. The van der Waals surface area contributed by atoms with Crippen molar-refractivity contribution >= 4 is 11.6 Å². The molecule has 3 rings (SSSR count). The first-order chi connectivity index (χ1) is 9.68. The SMILES string of the molecule is Cc1cccc(N)c1C(=O)N1CCC[C@H]2CCCC[C@H]21. The molecule has 1 amide bonds. The fraction of sp³-hybridized carbons (Fsp3) is 0.588. The molecule has 2 N–H and O–H groups in total. The predicted molar refractivity (Wildman–Crippen MR) is 81.6 cm³/mol. The number of nitrogens with zero attached hydrogens (tertiary/aromatic N) is 1. The molecule has 1 aliphatic heterocycles. The number of carbonyl (C=O) groups excluding carboxylic acids is 1. The Morgan fingerprint density at radius 3 is 2.75 bits per heavy atom. The summed E-state index contributed by atoms with van der Waals surface area (Å²) < 4.78 is 0. The number of nitrogen functional groups attached to an aromatic ring is 1. The zero-order valence-corrected chi connectivity index (χ0v) is 12.3. The lowest BCUT2D eigenvalue weighted by Crippen LogP contribution is -2.49. The smallest absolute Gasteiger partial charge is 0.256 e. The van der Waals surface area contributed by atoms with Crippen LogP contribution >= 0.6 is 0 Å². The highest BCUT2D eigenvalue weighted by molar-refractivity contribution is 6.00. The minimum Gasteiger partial charge on any atom is -0.398 e. The zero-order chi connectivity index (χ0) is 14.1. The molecule has 2 aliphatic rings. The molecule has 2 atom stereocenters. The summed E-state index contributed by atoms with van der Waals surface area (Å²) in [6, 6.07) is 6.18. The van der Waals surface area contributed by atoms with E-state index in [0.29, 0.717) is 17.6 Å². The Bertz CT molecular complexity index is 489. The number of hydrogen-bond acceptors (Lipinski definition) is 2. The second-order valence-corrected chi connectivity index (χ2v) is 6.29. The fourth-order valence-corrected chi connectivity index (χ4v) is 4.00. The molecule has 1 saturated carbocycles. The van der Waals surface area contributed by atoms with Gasteiger partial charge in [-0.1, -0.05) is 25.0 Å². The van der Waals surface area contributed by atoms with E-state index in [4.69, 9.17) is 5.73 Å². The molecule has 1 saturated heterocycles. The van der Waals surface area contributed by atoms with Gasteiger partial charge in [0.15, 0.2) is 0 Å². The Balaban J connectivity index is 1.89. The molecule has 3 nitrogen and oxygen atoms in total. The first kappa shape index (κ1) is 13.5. The third-order valence-electron chi connectivity index (χ3n) is 5.02. The van der Waals surface area contributed by atoms with Crippen molar-refractivity contribution < 1.29 is 4.79 Å². The number of likely N-dealkylation sites (tertiary alicyclic amines) is 1. The largest absolute Gasteiger partial charge is 0.398 e. The summed E-state index contributed by atoms with van der Waals surface area (Å²) in [7, 11) is 0. The molecule has 20 heavy (non-hydrogen) atoms. The number of aryl methyl sites for hydroxylation is 1. The molecule has 0 spiro atoms. The van der Waals surface area contributed by atoms with Crippen molar-refractivity contribution in [2.24, 2.45) is 5.92 Å².